The molecule has 0 unspecified atom stereocenters. The third-order valence-corrected chi connectivity index (χ3v) is 34.8. The molecule has 0 amide bonds. The van der Waals surface area contributed by atoms with Crippen LogP contribution >= 0.6 is 30.9 Å². The first-order valence-electron chi connectivity index (χ1n) is 28.9. The summed E-state index contributed by atoms with van der Waals surface area (Å²) in [5.74, 6) is 0. The summed E-state index contributed by atoms with van der Waals surface area (Å²) in [4.78, 5) is 7.66. The molecule has 0 fully saturated rings. The van der Waals surface area contributed by atoms with Crippen LogP contribution in [0.3, 0.4) is 0 Å². The minimum atomic E-state index is -6.81. The second kappa shape index (κ2) is 28.5. The van der Waals surface area contributed by atoms with Crippen LogP contribution in [0.2, 0.25) is 0 Å². The molecule has 434 valence electrons. The van der Waals surface area contributed by atoms with E-state index in [9.17, 15) is 0 Å². The molecule has 0 aromatic heterocycles. The maximum atomic E-state index is 19.0. The average molecular weight is 1280 g/mol. The first kappa shape index (κ1) is 62.0. The first-order valence-corrected chi connectivity index (χ1v) is 37.7. The molecule has 11 heteroatoms. The van der Waals surface area contributed by atoms with Crippen LogP contribution in [-0.4, -0.2) is 59.7 Å². The van der Waals surface area contributed by atoms with Crippen LogP contribution in [0.5, 0.6) is 0 Å². The SMILES string of the molecule is CCOCCc1ccc(S([O][Sb](=[O])([O]S(c2ccc(C)cc2)(c2ccc(C)cc2)c2ccc(CCOCC)cc2)[O]S(c2ccc(C)cc2)(c2ccc(C)cc2)c2ccc(CCOCC)cc2)(c2ccc(C)cc2)c2ccc(C)cc2)cc1. The van der Waals surface area contributed by atoms with Crippen molar-refractivity contribution < 1.29 is 24.6 Å². The quantitative estimate of drug-likeness (QED) is 0.0375. The number of hydrogen-bond acceptors (Lipinski definition) is 7. The van der Waals surface area contributed by atoms with E-state index in [1.807, 2.05) is 20.8 Å². The van der Waals surface area contributed by atoms with Crippen LogP contribution in [0.1, 0.15) is 70.8 Å². The Morgan fingerprint density at radius 3 is 0.578 bits per heavy atom. The molecular formula is C72H81O7S3Sb. The molecule has 0 aliphatic carbocycles. The number of ether oxygens (including phenoxy) is 3. The zero-order valence-corrected chi connectivity index (χ0v) is 54.7. The summed E-state index contributed by atoms with van der Waals surface area (Å²) in [5.41, 5.74) is 9.85. The molecule has 9 aromatic carbocycles. The van der Waals surface area contributed by atoms with Gasteiger partial charge in [-0.2, -0.15) is 0 Å². The minimum absolute atomic E-state index is 0.592. The molecule has 9 aromatic rings. The standard InChI is InChI=1S/3C24H28O2S.O.Sb/c3*1-4-26-18-17-21-9-15-24(16-10-21)27(25,22-11-5-19(2)6-12-22)23-13-7-20(3)8-14-23;;/h3*5-16,25H,4,17-18H2,1-3H3;;/q;;;;+3/p-3. The Labute approximate surface area is 505 Å². The summed E-state index contributed by atoms with van der Waals surface area (Å²) in [6.07, 6.45) is 2.19. The van der Waals surface area contributed by atoms with Crippen LogP contribution in [-0.2, 0) is 43.9 Å². The maximum absolute atomic E-state index is 19.0. The summed E-state index contributed by atoms with van der Waals surface area (Å²) in [5, 5.41) is 0. The topological polar surface area (TPSA) is 72.5 Å². The predicted octanol–water partition coefficient (Wildman–Crippen LogP) is 19.2. The van der Waals surface area contributed by atoms with E-state index in [0.29, 0.717) is 39.6 Å². The average Bonchev–Trinajstić information content (AvgIpc) is 1.26. The summed E-state index contributed by atoms with van der Waals surface area (Å²) in [6, 6.07) is 77.0. The third kappa shape index (κ3) is 14.4. The molecule has 7 nitrogen and oxygen atoms in total. The van der Waals surface area contributed by atoms with Crippen molar-refractivity contribution in [2.24, 2.45) is 0 Å². The van der Waals surface area contributed by atoms with Gasteiger partial charge in [0.15, 0.2) is 0 Å². The zero-order valence-electron chi connectivity index (χ0n) is 49.7. The molecule has 0 atom stereocenters. The van der Waals surface area contributed by atoms with Gasteiger partial charge in [-0.1, -0.05) is 0 Å². The normalized spacial score (nSPS) is 12.8. The monoisotopic (exact) mass is 1270 g/mol. The van der Waals surface area contributed by atoms with Crippen LogP contribution in [0.25, 0.3) is 0 Å². The van der Waals surface area contributed by atoms with Crippen molar-refractivity contribution >= 4 is 51.0 Å². The molecule has 0 saturated carbocycles. The van der Waals surface area contributed by atoms with Crippen molar-refractivity contribution in [1.29, 1.82) is 0 Å². The molecule has 0 aliphatic rings. The molecular weight excluding hydrogens is 1190 g/mol. The second-order valence-electron chi connectivity index (χ2n) is 21.0. The van der Waals surface area contributed by atoms with Gasteiger partial charge in [0.1, 0.15) is 0 Å². The summed E-state index contributed by atoms with van der Waals surface area (Å²) >= 11 is -6.81. The summed E-state index contributed by atoms with van der Waals surface area (Å²) < 4.78 is 61.7. The van der Waals surface area contributed by atoms with E-state index < -0.39 is 51.0 Å². The molecule has 0 aliphatic heterocycles. The van der Waals surface area contributed by atoms with E-state index in [4.69, 9.17) is 21.6 Å². The van der Waals surface area contributed by atoms with Gasteiger partial charge in [-0.05, 0) is 0 Å². The number of benzene rings is 9. The first-order chi connectivity index (χ1) is 40.2. The van der Waals surface area contributed by atoms with Crippen LogP contribution < -0.4 is 0 Å². The molecule has 0 bridgehead atoms. The molecule has 0 N–H and O–H groups in total. The predicted molar refractivity (Wildman–Crippen MR) is 344 cm³/mol. The zero-order chi connectivity index (χ0) is 58.5. The molecule has 0 radical (unpaired) electrons. The number of hydrogen-bond donors (Lipinski definition) is 0. The van der Waals surface area contributed by atoms with E-state index in [0.717, 1.165) is 113 Å². The molecule has 9 rings (SSSR count). The van der Waals surface area contributed by atoms with E-state index in [1.165, 1.54) is 0 Å². The Morgan fingerprint density at radius 2 is 0.422 bits per heavy atom. The van der Waals surface area contributed by atoms with Crippen molar-refractivity contribution in [2.45, 2.75) is 126 Å². The van der Waals surface area contributed by atoms with Gasteiger partial charge in [-0.3, -0.25) is 0 Å². The Balaban J connectivity index is 1.43. The van der Waals surface area contributed by atoms with Crippen molar-refractivity contribution in [1.82, 2.24) is 0 Å². The van der Waals surface area contributed by atoms with Gasteiger partial charge in [0, 0.05) is 0 Å². The third-order valence-electron chi connectivity index (χ3n) is 14.7. The second-order valence-corrected chi connectivity index (χ2v) is 35.4. The van der Waals surface area contributed by atoms with Gasteiger partial charge in [0.2, 0.25) is 0 Å². The van der Waals surface area contributed by atoms with E-state index in [-0.39, 0.29) is 0 Å². The van der Waals surface area contributed by atoms with E-state index >= 15 is 3.02 Å². The van der Waals surface area contributed by atoms with Gasteiger partial charge in [-0.25, -0.2) is 0 Å². The van der Waals surface area contributed by atoms with Crippen molar-refractivity contribution in [3.05, 3.63) is 268 Å². The Bertz CT molecular complexity index is 3010. The molecule has 0 saturated heterocycles. The molecule has 0 heterocycles. The van der Waals surface area contributed by atoms with Gasteiger partial charge < -0.3 is 0 Å². The Kier molecular flexibility index (Phi) is 21.3. The molecule has 83 heavy (non-hydrogen) atoms. The van der Waals surface area contributed by atoms with Gasteiger partial charge >= 0.3 is 509 Å². The fourth-order valence-electron chi connectivity index (χ4n) is 9.99. The Hall–Kier alpha value is -5.59. The van der Waals surface area contributed by atoms with Crippen LogP contribution in [0, 0.1) is 41.5 Å². The summed E-state index contributed by atoms with van der Waals surface area (Å²) in [6.45, 7) is 22.3. The number of aryl methyl sites for hydroxylation is 6. The van der Waals surface area contributed by atoms with Gasteiger partial charge in [0.05, 0.1) is 0 Å². The van der Waals surface area contributed by atoms with Crippen molar-refractivity contribution in [2.75, 3.05) is 39.6 Å². The van der Waals surface area contributed by atoms with E-state index in [2.05, 4.69) is 260 Å². The van der Waals surface area contributed by atoms with Crippen molar-refractivity contribution in [3.8, 4) is 0 Å². The number of rotatable bonds is 27. The fourth-order valence-corrected chi connectivity index (χ4v) is 34.6. The van der Waals surface area contributed by atoms with E-state index in [1.54, 1.807) is 0 Å². The Morgan fingerprint density at radius 1 is 0.265 bits per heavy atom. The van der Waals surface area contributed by atoms with Crippen LogP contribution in [0.4, 0.5) is 0 Å². The van der Waals surface area contributed by atoms with Gasteiger partial charge in [-0.15, -0.1) is 0 Å². The van der Waals surface area contributed by atoms with Crippen molar-refractivity contribution in [3.63, 3.8) is 0 Å². The fraction of sp³-hybridized carbons (Fsp3) is 0.250. The van der Waals surface area contributed by atoms with Gasteiger partial charge in [0.25, 0.3) is 0 Å². The van der Waals surface area contributed by atoms with Crippen LogP contribution in [0.15, 0.2) is 262 Å². The molecule has 0 spiro atoms. The summed E-state index contributed by atoms with van der Waals surface area (Å²) in [7, 11) is -9.23.